The van der Waals surface area contributed by atoms with Crippen molar-refractivity contribution in [3.63, 3.8) is 0 Å². The van der Waals surface area contributed by atoms with Crippen molar-refractivity contribution in [2.75, 3.05) is 7.11 Å². The lowest BCUT2D eigenvalue weighted by Gasteiger charge is -2.40. The minimum absolute atomic E-state index is 0.180. The normalized spacial score (nSPS) is 28.6. The second-order valence-corrected chi connectivity index (χ2v) is 5.79. The topological polar surface area (TPSA) is 9.23 Å². The lowest BCUT2D eigenvalue weighted by atomic mass is 9.72. The van der Waals surface area contributed by atoms with Gasteiger partial charge in [0.1, 0.15) is 5.82 Å². The summed E-state index contributed by atoms with van der Waals surface area (Å²) in [5.74, 6) is 1.36. The Kier molecular flexibility index (Phi) is 4.06. The molecular formula is C16H23FO. The summed E-state index contributed by atoms with van der Waals surface area (Å²) < 4.78 is 18.8. The average molecular weight is 250 g/mol. The van der Waals surface area contributed by atoms with E-state index in [1.165, 1.54) is 25.0 Å². The molecule has 1 nitrogen and oxygen atoms in total. The molecule has 0 unspecified atom stereocenters. The predicted molar refractivity (Wildman–Crippen MR) is 71.9 cm³/mol. The molecule has 18 heavy (non-hydrogen) atoms. The van der Waals surface area contributed by atoms with Crippen LogP contribution in [0.25, 0.3) is 0 Å². The summed E-state index contributed by atoms with van der Waals surface area (Å²) in [6, 6.07) is 6.80. The van der Waals surface area contributed by atoms with Crippen LogP contribution in [0.5, 0.6) is 0 Å². The standard InChI is InChI=1S/C16H23FO/c1-12(2)13-8-10-16(18-3,11-9-13)14-4-6-15(17)7-5-14/h4-7,12-13H,8-11H2,1-3H3/t13-,16+. The zero-order valence-electron chi connectivity index (χ0n) is 11.6. The predicted octanol–water partition coefficient (Wildman–Crippen LogP) is 4.51. The molecule has 1 aromatic rings. The highest BCUT2D eigenvalue weighted by Gasteiger charge is 2.37. The van der Waals surface area contributed by atoms with E-state index in [0.717, 1.165) is 30.2 Å². The Hall–Kier alpha value is -0.890. The minimum Gasteiger partial charge on any atom is -0.374 e. The number of rotatable bonds is 3. The van der Waals surface area contributed by atoms with Crippen molar-refractivity contribution < 1.29 is 9.13 Å². The molecule has 0 atom stereocenters. The largest absolute Gasteiger partial charge is 0.374 e. The highest BCUT2D eigenvalue weighted by Crippen LogP contribution is 2.44. The minimum atomic E-state index is -0.195. The fourth-order valence-electron chi connectivity index (χ4n) is 3.14. The Morgan fingerprint density at radius 3 is 2.17 bits per heavy atom. The van der Waals surface area contributed by atoms with E-state index in [2.05, 4.69) is 13.8 Å². The first kappa shape index (κ1) is 13.5. The smallest absolute Gasteiger partial charge is 0.123 e. The molecule has 1 saturated carbocycles. The van der Waals surface area contributed by atoms with Crippen LogP contribution in [-0.4, -0.2) is 7.11 Å². The van der Waals surface area contributed by atoms with E-state index in [0.29, 0.717) is 0 Å². The number of halogens is 1. The van der Waals surface area contributed by atoms with Gasteiger partial charge in [0.2, 0.25) is 0 Å². The number of methoxy groups -OCH3 is 1. The highest BCUT2D eigenvalue weighted by atomic mass is 19.1. The molecule has 0 N–H and O–H groups in total. The molecule has 1 aliphatic rings. The van der Waals surface area contributed by atoms with Gasteiger partial charge >= 0.3 is 0 Å². The Balaban J connectivity index is 2.16. The van der Waals surface area contributed by atoms with Gasteiger partial charge in [0.15, 0.2) is 0 Å². The van der Waals surface area contributed by atoms with Crippen LogP contribution in [0, 0.1) is 17.7 Å². The lowest BCUT2D eigenvalue weighted by molar-refractivity contribution is -0.0586. The molecule has 1 aromatic carbocycles. The van der Waals surface area contributed by atoms with Gasteiger partial charge in [-0.2, -0.15) is 0 Å². The molecule has 100 valence electrons. The average Bonchev–Trinajstić information content (AvgIpc) is 2.39. The Morgan fingerprint density at radius 1 is 1.17 bits per heavy atom. The van der Waals surface area contributed by atoms with Crippen molar-refractivity contribution in [3.05, 3.63) is 35.6 Å². The van der Waals surface area contributed by atoms with Crippen LogP contribution in [0.1, 0.15) is 45.1 Å². The van der Waals surface area contributed by atoms with Crippen LogP contribution >= 0.6 is 0 Å². The Labute approximate surface area is 109 Å². The van der Waals surface area contributed by atoms with Gasteiger partial charge in [0, 0.05) is 7.11 Å². The van der Waals surface area contributed by atoms with Gasteiger partial charge in [-0.3, -0.25) is 0 Å². The molecule has 0 radical (unpaired) electrons. The zero-order valence-corrected chi connectivity index (χ0v) is 11.6. The maximum atomic E-state index is 13.0. The van der Waals surface area contributed by atoms with E-state index in [1.54, 1.807) is 7.11 Å². The zero-order chi connectivity index (χ0) is 13.2. The van der Waals surface area contributed by atoms with Gasteiger partial charge in [0.25, 0.3) is 0 Å². The van der Waals surface area contributed by atoms with Crippen LogP contribution in [0.2, 0.25) is 0 Å². The van der Waals surface area contributed by atoms with E-state index in [9.17, 15) is 4.39 Å². The molecular weight excluding hydrogens is 227 g/mol. The molecule has 2 rings (SSSR count). The SMILES string of the molecule is CO[C@]1(c2ccc(F)cc2)CC[C@H](C(C)C)CC1. The first-order chi connectivity index (χ1) is 8.57. The van der Waals surface area contributed by atoms with Crippen molar-refractivity contribution in [3.8, 4) is 0 Å². The molecule has 1 fully saturated rings. The highest BCUT2D eigenvalue weighted by molar-refractivity contribution is 5.24. The number of hydrogen-bond acceptors (Lipinski definition) is 1. The molecule has 0 saturated heterocycles. The van der Waals surface area contributed by atoms with E-state index in [1.807, 2.05) is 12.1 Å². The number of benzene rings is 1. The third-order valence-corrected chi connectivity index (χ3v) is 4.54. The van der Waals surface area contributed by atoms with Crippen LogP contribution < -0.4 is 0 Å². The van der Waals surface area contributed by atoms with Crippen molar-refractivity contribution in [1.82, 2.24) is 0 Å². The van der Waals surface area contributed by atoms with Crippen molar-refractivity contribution >= 4 is 0 Å². The molecule has 0 aromatic heterocycles. The van der Waals surface area contributed by atoms with Crippen molar-refractivity contribution in [2.24, 2.45) is 11.8 Å². The van der Waals surface area contributed by atoms with Crippen LogP contribution in [0.4, 0.5) is 4.39 Å². The summed E-state index contributed by atoms with van der Waals surface area (Å²) in [6.07, 6.45) is 4.47. The summed E-state index contributed by atoms with van der Waals surface area (Å²) in [7, 11) is 1.78. The molecule has 0 amide bonds. The van der Waals surface area contributed by atoms with Gasteiger partial charge in [-0.15, -0.1) is 0 Å². The van der Waals surface area contributed by atoms with E-state index < -0.39 is 0 Å². The van der Waals surface area contributed by atoms with Gasteiger partial charge in [-0.25, -0.2) is 4.39 Å². The second kappa shape index (κ2) is 5.40. The van der Waals surface area contributed by atoms with Crippen molar-refractivity contribution in [1.29, 1.82) is 0 Å². The Bertz CT molecular complexity index is 375. The third kappa shape index (κ3) is 2.59. The van der Waals surface area contributed by atoms with Gasteiger partial charge < -0.3 is 4.74 Å². The van der Waals surface area contributed by atoms with E-state index in [-0.39, 0.29) is 11.4 Å². The summed E-state index contributed by atoms with van der Waals surface area (Å²) in [6.45, 7) is 4.59. The summed E-state index contributed by atoms with van der Waals surface area (Å²) in [5.41, 5.74) is 0.924. The molecule has 0 heterocycles. The first-order valence-corrected chi connectivity index (χ1v) is 6.88. The van der Waals surface area contributed by atoms with E-state index in [4.69, 9.17) is 4.74 Å². The van der Waals surface area contributed by atoms with Gasteiger partial charge in [-0.05, 0) is 55.2 Å². The first-order valence-electron chi connectivity index (χ1n) is 6.88. The quantitative estimate of drug-likeness (QED) is 0.766. The molecule has 0 aliphatic heterocycles. The summed E-state index contributed by atoms with van der Waals surface area (Å²) in [5, 5.41) is 0. The molecule has 0 bridgehead atoms. The van der Waals surface area contributed by atoms with Crippen LogP contribution in [0.3, 0.4) is 0 Å². The Morgan fingerprint density at radius 2 is 1.72 bits per heavy atom. The summed E-state index contributed by atoms with van der Waals surface area (Å²) >= 11 is 0. The number of ether oxygens (including phenoxy) is 1. The van der Waals surface area contributed by atoms with Crippen molar-refractivity contribution in [2.45, 2.75) is 45.1 Å². The van der Waals surface area contributed by atoms with Gasteiger partial charge in [0.05, 0.1) is 5.60 Å². The maximum absolute atomic E-state index is 13.0. The monoisotopic (exact) mass is 250 g/mol. The third-order valence-electron chi connectivity index (χ3n) is 4.54. The fraction of sp³-hybridized carbons (Fsp3) is 0.625. The molecule has 2 heteroatoms. The van der Waals surface area contributed by atoms with E-state index >= 15 is 0 Å². The second-order valence-electron chi connectivity index (χ2n) is 5.79. The van der Waals surface area contributed by atoms with Crippen LogP contribution in [0.15, 0.2) is 24.3 Å². The molecule has 1 aliphatic carbocycles. The lowest BCUT2D eigenvalue weighted by Crippen LogP contribution is -2.34. The van der Waals surface area contributed by atoms with Gasteiger partial charge in [-0.1, -0.05) is 26.0 Å². The summed E-state index contributed by atoms with van der Waals surface area (Å²) in [4.78, 5) is 0. The maximum Gasteiger partial charge on any atom is 0.123 e. The number of hydrogen-bond donors (Lipinski definition) is 0. The van der Waals surface area contributed by atoms with Crippen LogP contribution in [-0.2, 0) is 10.3 Å². The fourth-order valence-corrected chi connectivity index (χ4v) is 3.14. The molecule has 0 spiro atoms.